The topological polar surface area (TPSA) is 106 Å². The lowest BCUT2D eigenvalue weighted by Crippen LogP contribution is -2.33. The van der Waals surface area contributed by atoms with Crippen molar-refractivity contribution in [2.24, 2.45) is 11.8 Å². The van der Waals surface area contributed by atoms with Gasteiger partial charge in [-0.3, -0.25) is 24.1 Å². The molecule has 1 aromatic heterocycles. The molecule has 0 saturated carbocycles. The van der Waals surface area contributed by atoms with Crippen LogP contribution in [0, 0.1) is 11.8 Å². The minimum atomic E-state index is -0.664. The van der Waals surface area contributed by atoms with Crippen LogP contribution in [0.3, 0.4) is 0 Å². The van der Waals surface area contributed by atoms with Gasteiger partial charge < -0.3 is 10.1 Å². The van der Waals surface area contributed by atoms with E-state index in [0.717, 1.165) is 4.90 Å². The molecule has 1 aliphatic heterocycles. The summed E-state index contributed by atoms with van der Waals surface area (Å²) in [6, 6.07) is 3.08. The number of likely N-dealkylation sites (tertiary alicyclic amines) is 1. The molecule has 1 aliphatic carbocycles. The molecule has 9 heteroatoms. The molecule has 0 unspecified atom stereocenters. The number of ether oxygens (including phenoxy) is 1. The summed E-state index contributed by atoms with van der Waals surface area (Å²) in [6.07, 6.45) is 6.12. The van der Waals surface area contributed by atoms with Crippen molar-refractivity contribution in [1.29, 1.82) is 0 Å². The summed E-state index contributed by atoms with van der Waals surface area (Å²) in [4.78, 5) is 53.2. The van der Waals surface area contributed by atoms with E-state index in [9.17, 15) is 19.2 Å². The zero-order chi connectivity index (χ0) is 19.4. The van der Waals surface area contributed by atoms with Crippen LogP contribution in [0.25, 0.3) is 0 Å². The van der Waals surface area contributed by atoms with Crippen LogP contribution in [0.4, 0.5) is 5.82 Å². The zero-order valence-electron chi connectivity index (χ0n) is 14.4. The second-order valence-electron chi connectivity index (χ2n) is 6.30. The molecule has 1 saturated heterocycles. The highest BCUT2D eigenvalue weighted by atomic mass is 35.5. The highest BCUT2D eigenvalue weighted by Crippen LogP contribution is 2.34. The van der Waals surface area contributed by atoms with E-state index in [4.69, 9.17) is 16.3 Å². The largest absolute Gasteiger partial charge is 0.456 e. The van der Waals surface area contributed by atoms with Gasteiger partial charge in [-0.05, 0) is 25.0 Å². The van der Waals surface area contributed by atoms with Crippen molar-refractivity contribution in [2.75, 3.05) is 18.5 Å². The highest BCUT2D eigenvalue weighted by Gasteiger charge is 2.46. The molecule has 3 rings (SSSR count). The standard InChI is InChI=1S/C18H18ClN3O5/c19-11-5-6-14(20-9-11)21-15(23)10-27-16(24)7-8-22-17(25)12-3-1-2-4-13(12)18(22)26/h1-2,5-6,9,12-13H,3-4,7-8,10H2,(H,20,21,23)/t12-,13+. The first-order chi connectivity index (χ1) is 13.0. The quantitative estimate of drug-likeness (QED) is 0.448. The van der Waals surface area contributed by atoms with E-state index in [-0.39, 0.29) is 42.4 Å². The van der Waals surface area contributed by atoms with Crippen molar-refractivity contribution >= 4 is 41.1 Å². The van der Waals surface area contributed by atoms with Crippen LogP contribution in [0.5, 0.6) is 0 Å². The summed E-state index contributed by atoms with van der Waals surface area (Å²) in [5.74, 6) is -2.06. The van der Waals surface area contributed by atoms with Gasteiger partial charge in [0, 0.05) is 12.7 Å². The Morgan fingerprint density at radius 2 is 1.85 bits per heavy atom. The summed E-state index contributed by atoms with van der Waals surface area (Å²) >= 11 is 5.70. The number of aromatic nitrogens is 1. The normalized spacial score (nSPS) is 21.1. The van der Waals surface area contributed by atoms with E-state index in [2.05, 4.69) is 10.3 Å². The number of carbonyl (C=O) groups excluding carboxylic acids is 4. The van der Waals surface area contributed by atoms with E-state index in [1.807, 2.05) is 12.2 Å². The molecular weight excluding hydrogens is 374 g/mol. The van der Waals surface area contributed by atoms with Crippen molar-refractivity contribution in [2.45, 2.75) is 19.3 Å². The summed E-state index contributed by atoms with van der Waals surface area (Å²) < 4.78 is 4.88. The molecule has 2 heterocycles. The molecule has 1 fully saturated rings. The first-order valence-electron chi connectivity index (χ1n) is 8.53. The summed E-state index contributed by atoms with van der Waals surface area (Å²) in [6.45, 7) is -0.524. The first kappa shape index (κ1) is 19.0. The van der Waals surface area contributed by atoms with Crippen molar-refractivity contribution in [3.8, 4) is 0 Å². The Morgan fingerprint density at radius 1 is 1.19 bits per heavy atom. The van der Waals surface area contributed by atoms with Crippen LogP contribution in [0.2, 0.25) is 5.02 Å². The fourth-order valence-corrected chi connectivity index (χ4v) is 3.25. The number of hydrogen-bond acceptors (Lipinski definition) is 6. The Labute approximate surface area is 160 Å². The summed E-state index contributed by atoms with van der Waals surface area (Å²) in [5, 5.41) is 2.89. The number of hydrogen-bond donors (Lipinski definition) is 1. The zero-order valence-corrected chi connectivity index (χ0v) is 15.1. The monoisotopic (exact) mass is 391 g/mol. The molecule has 1 aromatic rings. The number of fused-ring (bicyclic) bond motifs is 1. The van der Waals surface area contributed by atoms with Crippen molar-refractivity contribution in [1.82, 2.24) is 9.88 Å². The SMILES string of the molecule is O=C(COC(=O)CCN1C(=O)[C@H]2CC=CC[C@H]2C1=O)Nc1ccc(Cl)cn1. The number of rotatable bonds is 6. The number of imide groups is 1. The lowest BCUT2D eigenvalue weighted by atomic mass is 9.85. The van der Waals surface area contributed by atoms with E-state index in [1.165, 1.54) is 12.3 Å². The molecule has 8 nitrogen and oxygen atoms in total. The van der Waals surface area contributed by atoms with Crippen LogP contribution < -0.4 is 5.32 Å². The van der Waals surface area contributed by atoms with Gasteiger partial charge in [0.25, 0.3) is 5.91 Å². The van der Waals surface area contributed by atoms with Gasteiger partial charge in [0.2, 0.25) is 11.8 Å². The second-order valence-corrected chi connectivity index (χ2v) is 6.74. The van der Waals surface area contributed by atoms with Crippen LogP contribution >= 0.6 is 11.6 Å². The van der Waals surface area contributed by atoms with Gasteiger partial charge >= 0.3 is 5.97 Å². The molecule has 0 aromatic carbocycles. The smallest absolute Gasteiger partial charge is 0.308 e. The predicted molar refractivity (Wildman–Crippen MR) is 95.5 cm³/mol. The molecule has 0 bridgehead atoms. The Balaban J connectivity index is 1.42. The molecule has 27 heavy (non-hydrogen) atoms. The number of anilines is 1. The van der Waals surface area contributed by atoms with Gasteiger partial charge in [-0.15, -0.1) is 0 Å². The van der Waals surface area contributed by atoms with Crippen LogP contribution in [-0.4, -0.2) is 46.7 Å². The van der Waals surface area contributed by atoms with Crippen molar-refractivity contribution in [3.63, 3.8) is 0 Å². The number of allylic oxidation sites excluding steroid dienone is 2. The van der Waals surface area contributed by atoms with Crippen molar-refractivity contribution < 1.29 is 23.9 Å². The number of amides is 3. The number of carbonyl (C=O) groups is 4. The third-order valence-electron chi connectivity index (χ3n) is 4.50. The van der Waals surface area contributed by atoms with Crippen molar-refractivity contribution in [3.05, 3.63) is 35.5 Å². The Morgan fingerprint density at radius 3 is 2.44 bits per heavy atom. The van der Waals surface area contributed by atoms with Crippen LogP contribution in [-0.2, 0) is 23.9 Å². The maximum atomic E-state index is 12.3. The van der Waals surface area contributed by atoms with E-state index >= 15 is 0 Å². The minimum Gasteiger partial charge on any atom is -0.456 e. The maximum absolute atomic E-state index is 12.3. The third kappa shape index (κ3) is 4.51. The van der Waals surface area contributed by atoms with Gasteiger partial charge in [0.05, 0.1) is 23.3 Å². The highest BCUT2D eigenvalue weighted by molar-refractivity contribution is 6.30. The Hall–Kier alpha value is -2.74. The van der Waals surface area contributed by atoms with Crippen LogP contribution in [0.15, 0.2) is 30.5 Å². The third-order valence-corrected chi connectivity index (χ3v) is 4.72. The fraction of sp³-hybridized carbons (Fsp3) is 0.389. The van der Waals surface area contributed by atoms with Gasteiger partial charge in [0.15, 0.2) is 6.61 Å². The van der Waals surface area contributed by atoms with E-state index in [0.29, 0.717) is 17.9 Å². The number of nitrogens with zero attached hydrogens (tertiary/aromatic N) is 2. The number of pyridine rings is 1. The van der Waals surface area contributed by atoms with Crippen LogP contribution in [0.1, 0.15) is 19.3 Å². The number of esters is 1. The number of halogens is 1. The number of nitrogens with one attached hydrogen (secondary N) is 1. The molecule has 1 N–H and O–H groups in total. The average Bonchev–Trinajstić information content (AvgIpc) is 2.91. The fourth-order valence-electron chi connectivity index (χ4n) is 3.14. The Kier molecular flexibility index (Phi) is 5.85. The van der Waals surface area contributed by atoms with Gasteiger partial charge in [-0.2, -0.15) is 0 Å². The molecule has 3 amide bonds. The summed E-state index contributed by atoms with van der Waals surface area (Å²) in [7, 11) is 0. The average molecular weight is 392 g/mol. The first-order valence-corrected chi connectivity index (χ1v) is 8.90. The molecule has 0 spiro atoms. The maximum Gasteiger partial charge on any atom is 0.308 e. The molecule has 0 radical (unpaired) electrons. The second kappa shape index (κ2) is 8.30. The summed E-state index contributed by atoms with van der Waals surface area (Å²) in [5.41, 5.74) is 0. The molecule has 2 aliphatic rings. The van der Waals surface area contributed by atoms with Gasteiger partial charge in [-0.25, -0.2) is 4.98 Å². The van der Waals surface area contributed by atoms with Gasteiger partial charge in [-0.1, -0.05) is 23.8 Å². The predicted octanol–water partition coefficient (Wildman–Crippen LogP) is 1.56. The molecular formula is C18H18ClN3O5. The van der Waals surface area contributed by atoms with E-state index in [1.54, 1.807) is 6.07 Å². The lowest BCUT2D eigenvalue weighted by molar-refractivity contribution is -0.148. The van der Waals surface area contributed by atoms with Gasteiger partial charge in [0.1, 0.15) is 5.82 Å². The molecule has 2 atom stereocenters. The minimum absolute atomic E-state index is 0.0378. The van der Waals surface area contributed by atoms with E-state index < -0.39 is 18.5 Å². The molecule has 142 valence electrons. The Bertz CT molecular complexity index is 767. The lowest BCUT2D eigenvalue weighted by Gasteiger charge is -2.14.